The molecule has 4 N–H and O–H groups in total. The van der Waals surface area contributed by atoms with Gasteiger partial charge in [0.05, 0.1) is 37.4 Å². The van der Waals surface area contributed by atoms with Crippen molar-refractivity contribution in [2.45, 2.75) is 75.7 Å². The molecule has 0 saturated carbocycles. The molecule has 6 rings (SSSR count). The smallest absolute Gasteiger partial charge is 0.264 e. The summed E-state index contributed by atoms with van der Waals surface area (Å²) in [6, 6.07) is 22.6. The standard InChI is InChI=1S/C37H45BrN4O6Si/c1-24-34(49(2,3)47)32(21-33(44)41(17-18-43)22-25-9-5-4-6-10-25)48-37(24)29-20-27(38)14-15-31(29)42(36(37)46)23-26-11-7-12-28(19-26)40-35(45)30-13-8-16-39-30/h4-7,9-12,14-15,19-20,24,30,32,34,39,43,47H,8,13,16-18,21-23H2,1-3H3,(H,40,45)/t24-,30+,32+,34-,37+/m0/s1. The molecule has 3 heterocycles. The minimum Gasteiger partial charge on any atom is -0.432 e. The van der Waals surface area contributed by atoms with Crippen molar-refractivity contribution in [2.75, 3.05) is 29.9 Å². The van der Waals surface area contributed by atoms with Crippen molar-refractivity contribution in [3.05, 3.63) is 94.0 Å². The maximum atomic E-state index is 14.8. The fourth-order valence-electron chi connectivity index (χ4n) is 7.99. The molecule has 10 nitrogen and oxygen atoms in total. The molecule has 3 aliphatic heterocycles. The van der Waals surface area contributed by atoms with Crippen molar-refractivity contribution >= 4 is 53.3 Å². The lowest BCUT2D eigenvalue weighted by atomic mass is 9.82. The molecule has 3 amide bonds. The van der Waals surface area contributed by atoms with Crippen LogP contribution in [0.1, 0.15) is 42.9 Å². The lowest BCUT2D eigenvalue weighted by molar-refractivity contribution is -0.150. The predicted octanol–water partition coefficient (Wildman–Crippen LogP) is 4.90. The number of rotatable bonds is 11. The fraction of sp³-hybridized carbons (Fsp3) is 0.432. The molecule has 1 spiro atoms. The molecule has 3 aromatic rings. The van der Waals surface area contributed by atoms with Gasteiger partial charge in [-0.05, 0) is 73.9 Å². The van der Waals surface area contributed by atoms with Crippen LogP contribution in [0.2, 0.25) is 18.6 Å². The number of aliphatic hydroxyl groups excluding tert-OH is 1. The van der Waals surface area contributed by atoms with Crippen molar-refractivity contribution in [1.29, 1.82) is 0 Å². The van der Waals surface area contributed by atoms with Gasteiger partial charge >= 0.3 is 0 Å². The maximum Gasteiger partial charge on any atom is 0.264 e. The van der Waals surface area contributed by atoms with E-state index in [0.717, 1.165) is 35.0 Å². The van der Waals surface area contributed by atoms with Gasteiger partial charge in [-0.1, -0.05) is 65.3 Å². The first-order valence-corrected chi connectivity index (χ1v) is 20.8. The number of halogens is 1. The molecule has 5 atom stereocenters. The van der Waals surface area contributed by atoms with Gasteiger partial charge in [0.2, 0.25) is 11.8 Å². The van der Waals surface area contributed by atoms with E-state index in [0.29, 0.717) is 23.5 Å². The number of amides is 3. The third kappa shape index (κ3) is 7.13. The average Bonchev–Trinajstić information content (AvgIpc) is 3.76. The molecular formula is C37H45BrN4O6Si. The molecule has 2 saturated heterocycles. The first-order valence-electron chi connectivity index (χ1n) is 17.0. The minimum absolute atomic E-state index is 0.0329. The molecule has 49 heavy (non-hydrogen) atoms. The molecule has 3 aromatic carbocycles. The first-order chi connectivity index (χ1) is 23.4. The Kier molecular flexibility index (Phi) is 10.5. The number of anilines is 2. The Balaban J connectivity index is 1.29. The van der Waals surface area contributed by atoms with Gasteiger partial charge in [-0.2, -0.15) is 0 Å². The van der Waals surface area contributed by atoms with Gasteiger partial charge in [-0.15, -0.1) is 0 Å². The molecule has 260 valence electrons. The number of benzene rings is 3. The van der Waals surface area contributed by atoms with E-state index in [4.69, 9.17) is 4.74 Å². The summed E-state index contributed by atoms with van der Waals surface area (Å²) in [5.74, 6) is -0.961. The molecule has 0 aliphatic carbocycles. The van der Waals surface area contributed by atoms with Gasteiger partial charge in [0.15, 0.2) is 13.9 Å². The van der Waals surface area contributed by atoms with E-state index in [1.165, 1.54) is 0 Å². The van der Waals surface area contributed by atoms with Gasteiger partial charge in [0, 0.05) is 40.3 Å². The molecule has 0 bridgehead atoms. The van der Waals surface area contributed by atoms with E-state index in [1.54, 1.807) is 9.80 Å². The number of carbonyl (C=O) groups excluding carboxylic acids is 3. The second-order valence-electron chi connectivity index (χ2n) is 14.0. The molecule has 3 aliphatic rings. The van der Waals surface area contributed by atoms with Crippen LogP contribution >= 0.6 is 15.9 Å². The molecule has 0 unspecified atom stereocenters. The number of hydrogen-bond acceptors (Lipinski definition) is 7. The van der Waals surface area contributed by atoms with Crippen LogP contribution in [-0.2, 0) is 37.8 Å². The molecule has 0 aromatic heterocycles. The lowest BCUT2D eigenvalue weighted by Gasteiger charge is -2.32. The van der Waals surface area contributed by atoms with E-state index in [-0.39, 0.29) is 49.9 Å². The van der Waals surface area contributed by atoms with Gasteiger partial charge in [0.25, 0.3) is 5.91 Å². The quantitative estimate of drug-likeness (QED) is 0.206. The highest BCUT2D eigenvalue weighted by atomic mass is 79.9. The van der Waals surface area contributed by atoms with Crippen LogP contribution in [0.5, 0.6) is 0 Å². The number of fused-ring (bicyclic) bond motifs is 2. The fourth-order valence-corrected chi connectivity index (χ4v) is 10.9. The Morgan fingerprint density at radius 3 is 2.55 bits per heavy atom. The second kappa shape index (κ2) is 14.5. The first kappa shape index (κ1) is 35.4. The highest BCUT2D eigenvalue weighted by Gasteiger charge is 2.66. The average molecular weight is 750 g/mol. The van der Waals surface area contributed by atoms with Crippen LogP contribution in [-0.4, -0.2) is 72.7 Å². The lowest BCUT2D eigenvalue weighted by Crippen LogP contribution is -2.46. The summed E-state index contributed by atoms with van der Waals surface area (Å²) < 4.78 is 7.68. The zero-order chi connectivity index (χ0) is 34.9. The van der Waals surface area contributed by atoms with Gasteiger partial charge in [-0.25, -0.2) is 0 Å². The van der Waals surface area contributed by atoms with Crippen LogP contribution < -0.4 is 15.5 Å². The zero-order valence-corrected chi connectivity index (χ0v) is 30.8. The van der Waals surface area contributed by atoms with Crippen LogP contribution in [0.4, 0.5) is 11.4 Å². The zero-order valence-electron chi connectivity index (χ0n) is 28.2. The van der Waals surface area contributed by atoms with Crippen molar-refractivity contribution in [3.8, 4) is 0 Å². The van der Waals surface area contributed by atoms with E-state index in [1.807, 2.05) is 92.8 Å². The number of carbonyl (C=O) groups is 3. The Labute approximate surface area is 297 Å². The molecule has 0 radical (unpaired) electrons. The highest BCUT2D eigenvalue weighted by Crippen LogP contribution is 2.60. The van der Waals surface area contributed by atoms with Crippen molar-refractivity contribution in [3.63, 3.8) is 0 Å². The Hall–Kier alpha value is -3.39. The van der Waals surface area contributed by atoms with Gasteiger partial charge < -0.3 is 35.1 Å². The Morgan fingerprint density at radius 2 is 1.86 bits per heavy atom. The van der Waals surface area contributed by atoms with Crippen molar-refractivity contribution in [1.82, 2.24) is 10.2 Å². The monoisotopic (exact) mass is 748 g/mol. The van der Waals surface area contributed by atoms with E-state index in [9.17, 15) is 24.3 Å². The van der Waals surface area contributed by atoms with Crippen LogP contribution in [0.15, 0.2) is 77.3 Å². The number of hydrogen-bond donors (Lipinski definition) is 4. The minimum atomic E-state index is -3.01. The summed E-state index contributed by atoms with van der Waals surface area (Å²) in [6.07, 6.45) is 1.01. The van der Waals surface area contributed by atoms with Crippen molar-refractivity contribution < 1.29 is 29.0 Å². The summed E-state index contributed by atoms with van der Waals surface area (Å²) >= 11 is 3.60. The normalized spacial score (nSPS) is 24.8. The summed E-state index contributed by atoms with van der Waals surface area (Å²) in [5, 5.41) is 16.0. The Bertz CT molecular complexity index is 1700. The predicted molar refractivity (Wildman–Crippen MR) is 194 cm³/mol. The van der Waals surface area contributed by atoms with Crippen LogP contribution in [0.3, 0.4) is 0 Å². The Morgan fingerprint density at radius 1 is 1.10 bits per heavy atom. The number of ether oxygens (including phenoxy) is 1. The third-order valence-electron chi connectivity index (χ3n) is 10.2. The maximum absolute atomic E-state index is 14.8. The summed E-state index contributed by atoms with van der Waals surface area (Å²) in [6.45, 7) is 7.00. The summed E-state index contributed by atoms with van der Waals surface area (Å²) in [4.78, 5) is 56.5. The van der Waals surface area contributed by atoms with Crippen molar-refractivity contribution in [2.24, 2.45) is 5.92 Å². The number of aliphatic hydroxyl groups is 1. The summed E-state index contributed by atoms with van der Waals surface area (Å²) in [7, 11) is -3.01. The highest BCUT2D eigenvalue weighted by molar-refractivity contribution is 9.10. The van der Waals surface area contributed by atoms with Gasteiger partial charge in [0.1, 0.15) is 0 Å². The van der Waals surface area contributed by atoms with Crippen LogP contribution in [0.25, 0.3) is 0 Å². The molecule has 2 fully saturated rings. The summed E-state index contributed by atoms with van der Waals surface area (Å²) in [5.41, 5.74) is 2.00. The molecule has 12 heteroatoms. The van der Waals surface area contributed by atoms with Crippen LogP contribution in [0, 0.1) is 5.92 Å². The van der Waals surface area contributed by atoms with E-state index < -0.39 is 31.5 Å². The number of nitrogens with one attached hydrogen (secondary N) is 2. The second-order valence-corrected chi connectivity index (χ2v) is 18.9. The number of nitrogens with zero attached hydrogens (tertiary/aromatic N) is 2. The molecular weight excluding hydrogens is 704 g/mol. The SMILES string of the molecule is C[C@H]1[C@H]([Si](C)(C)O)[C@@H](CC(=O)N(CCO)Cc2ccccc2)O[C@]12C(=O)N(Cc1cccc(NC(=O)[C@H]3CCCN3)c1)c1ccc(Br)cc12. The third-order valence-corrected chi connectivity index (χ3v) is 13.2. The van der Waals surface area contributed by atoms with E-state index >= 15 is 0 Å². The topological polar surface area (TPSA) is 131 Å². The van der Waals surface area contributed by atoms with E-state index in [2.05, 4.69) is 26.6 Å². The largest absolute Gasteiger partial charge is 0.432 e. The van der Waals surface area contributed by atoms with Gasteiger partial charge in [-0.3, -0.25) is 14.4 Å².